The molecule has 1 atom stereocenters. The second-order valence-corrected chi connectivity index (χ2v) is 11.4. The van der Waals surface area contributed by atoms with Crippen LogP contribution in [0.2, 0.25) is 0 Å². The largest absolute Gasteiger partial charge is 0.341 e. The fourth-order valence-electron chi connectivity index (χ4n) is 5.89. The molecule has 2 aromatic heterocycles. The molecule has 39 heavy (non-hydrogen) atoms. The standard InChI is InChI=1S/C33H36N6/c1-2-33(13-14-33)21-34-20-31-36-18-29(38-31)23-7-5-22(6-8-23)24-9-10-26-17-27(12-11-25(26)16-24)30-19-37-32(39-30)28-4-3-15-35-28/h5-12,16-19,28,34-35H,2-4,13-15,20-21H2,1H3,(H,36,38)(H,37,39). The molecule has 6 nitrogen and oxygen atoms in total. The van der Waals surface area contributed by atoms with Crippen molar-refractivity contribution < 1.29 is 0 Å². The van der Waals surface area contributed by atoms with Gasteiger partial charge >= 0.3 is 0 Å². The summed E-state index contributed by atoms with van der Waals surface area (Å²) in [7, 11) is 0. The summed E-state index contributed by atoms with van der Waals surface area (Å²) in [5.74, 6) is 2.04. The van der Waals surface area contributed by atoms with Crippen LogP contribution in [0.3, 0.4) is 0 Å². The lowest BCUT2D eigenvalue weighted by atomic mass is 9.98. The van der Waals surface area contributed by atoms with Gasteiger partial charge in [0.15, 0.2) is 0 Å². The van der Waals surface area contributed by atoms with Crippen molar-refractivity contribution in [1.82, 2.24) is 30.6 Å². The molecule has 2 fully saturated rings. The number of nitrogens with one attached hydrogen (secondary N) is 4. The van der Waals surface area contributed by atoms with E-state index < -0.39 is 0 Å². The predicted octanol–water partition coefficient (Wildman–Crippen LogP) is 6.99. The molecule has 5 aromatic rings. The molecule has 4 N–H and O–H groups in total. The summed E-state index contributed by atoms with van der Waals surface area (Å²) in [6.07, 6.45) is 10.2. The van der Waals surface area contributed by atoms with Crippen molar-refractivity contribution >= 4 is 10.8 Å². The normalized spacial score (nSPS) is 18.1. The maximum Gasteiger partial charge on any atom is 0.123 e. The van der Waals surface area contributed by atoms with E-state index in [1.54, 1.807) is 0 Å². The number of nitrogens with zero attached hydrogens (tertiary/aromatic N) is 2. The molecule has 6 heteroatoms. The molecule has 0 radical (unpaired) electrons. The van der Waals surface area contributed by atoms with Crippen LogP contribution in [0, 0.1) is 5.41 Å². The molecular formula is C33H36N6. The minimum atomic E-state index is 0.353. The molecule has 0 amide bonds. The van der Waals surface area contributed by atoms with Crippen molar-refractivity contribution in [3.8, 4) is 33.6 Å². The van der Waals surface area contributed by atoms with Gasteiger partial charge in [-0.15, -0.1) is 0 Å². The smallest absolute Gasteiger partial charge is 0.123 e. The Morgan fingerprint density at radius 1 is 0.821 bits per heavy atom. The third-order valence-electron chi connectivity index (χ3n) is 8.79. The highest BCUT2D eigenvalue weighted by Crippen LogP contribution is 2.47. The molecule has 3 aromatic carbocycles. The van der Waals surface area contributed by atoms with Crippen molar-refractivity contribution in [3.05, 3.63) is 84.7 Å². The Labute approximate surface area is 229 Å². The summed E-state index contributed by atoms with van der Waals surface area (Å²) in [6, 6.07) is 22.5. The number of fused-ring (bicyclic) bond motifs is 1. The molecule has 1 aliphatic heterocycles. The fraction of sp³-hybridized carbons (Fsp3) is 0.333. The van der Waals surface area contributed by atoms with Gasteiger partial charge in [-0.25, -0.2) is 9.97 Å². The van der Waals surface area contributed by atoms with Crippen LogP contribution in [0.1, 0.15) is 56.7 Å². The molecular weight excluding hydrogens is 480 g/mol. The minimum absolute atomic E-state index is 0.353. The first-order valence-electron chi connectivity index (χ1n) is 14.4. The maximum atomic E-state index is 4.64. The molecule has 7 rings (SSSR count). The summed E-state index contributed by atoms with van der Waals surface area (Å²) < 4.78 is 0. The number of H-pyrrole nitrogens is 2. The van der Waals surface area contributed by atoms with E-state index in [4.69, 9.17) is 0 Å². The molecule has 0 spiro atoms. The van der Waals surface area contributed by atoms with E-state index in [0.717, 1.165) is 54.7 Å². The molecule has 2 aliphatic rings. The van der Waals surface area contributed by atoms with E-state index in [1.165, 1.54) is 53.1 Å². The van der Waals surface area contributed by atoms with E-state index in [1.807, 2.05) is 12.4 Å². The predicted molar refractivity (Wildman–Crippen MR) is 158 cm³/mol. The average molecular weight is 517 g/mol. The van der Waals surface area contributed by atoms with Gasteiger partial charge in [0.1, 0.15) is 11.6 Å². The fourth-order valence-corrected chi connectivity index (χ4v) is 5.89. The number of hydrogen-bond donors (Lipinski definition) is 4. The first-order valence-corrected chi connectivity index (χ1v) is 14.4. The number of hydrogen-bond acceptors (Lipinski definition) is 4. The topological polar surface area (TPSA) is 81.4 Å². The molecule has 3 heterocycles. The summed E-state index contributed by atoms with van der Waals surface area (Å²) in [5.41, 5.74) is 7.44. The van der Waals surface area contributed by atoms with Crippen LogP contribution in [0.4, 0.5) is 0 Å². The highest BCUT2D eigenvalue weighted by atomic mass is 15.0. The van der Waals surface area contributed by atoms with Gasteiger partial charge < -0.3 is 20.6 Å². The third kappa shape index (κ3) is 5.02. The van der Waals surface area contributed by atoms with E-state index in [0.29, 0.717) is 11.5 Å². The van der Waals surface area contributed by atoms with Crippen LogP contribution in [-0.4, -0.2) is 33.0 Å². The van der Waals surface area contributed by atoms with E-state index in [-0.39, 0.29) is 0 Å². The Balaban J connectivity index is 1.04. The molecule has 1 unspecified atom stereocenters. The molecule has 198 valence electrons. The molecule has 1 saturated heterocycles. The number of rotatable bonds is 9. The van der Waals surface area contributed by atoms with Gasteiger partial charge in [-0.3, -0.25) is 0 Å². The summed E-state index contributed by atoms with van der Waals surface area (Å²) >= 11 is 0. The summed E-state index contributed by atoms with van der Waals surface area (Å²) in [5, 5.41) is 9.57. The number of imidazole rings is 2. The zero-order chi connectivity index (χ0) is 26.2. The van der Waals surface area contributed by atoms with E-state index in [9.17, 15) is 0 Å². The van der Waals surface area contributed by atoms with Gasteiger partial charge in [0.2, 0.25) is 0 Å². The van der Waals surface area contributed by atoms with Gasteiger partial charge in [0, 0.05) is 12.1 Å². The van der Waals surface area contributed by atoms with Gasteiger partial charge in [-0.2, -0.15) is 0 Å². The number of aromatic nitrogens is 4. The molecule has 0 bridgehead atoms. The van der Waals surface area contributed by atoms with Gasteiger partial charge in [0.05, 0.1) is 36.4 Å². The number of aromatic amines is 2. The number of benzene rings is 3. The maximum absolute atomic E-state index is 4.64. The van der Waals surface area contributed by atoms with Gasteiger partial charge in [-0.1, -0.05) is 55.5 Å². The first kappa shape index (κ1) is 24.3. The SMILES string of the molecule is CCC1(CNCc2ncc(-c3ccc(-c4ccc5cc(-c6cnc(C7CCCN7)[nH]6)ccc5c4)cc3)[nH]2)CC1. The molecule has 1 saturated carbocycles. The van der Waals surface area contributed by atoms with Crippen LogP contribution in [-0.2, 0) is 6.54 Å². The van der Waals surface area contributed by atoms with Crippen LogP contribution in [0.15, 0.2) is 73.1 Å². The quantitative estimate of drug-likeness (QED) is 0.170. The highest BCUT2D eigenvalue weighted by molar-refractivity contribution is 5.90. The van der Waals surface area contributed by atoms with Crippen LogP contribution < -0.4 is 10.6 Å². The zero-order valence-corrected chi connectivity index (χ0v) is 22.6. The highest BCUT2D eigenvalue weighted by Gasteiger charge is 2.39. The second kappa shape index (κ2) is 10.1. The Kier molecular flexibility index (Phi) is 6.30. The first-order chi connectivity index (χ1) is 19.2. The van der Waals surface area contributed by atoms with Crippen LogP contribution in [0.25, 0.3) is 44.4 Å². The van der Waals surface area contributed by atoms with Gasteiger partial charge in [-0.05, 0) is 83.7 Å². The van der Waals surface area contributed by atoms with E-state index >= 15 is 0 Å². The molecule has 1 aliphatic carbocycles. The lowest BCUT2D eigenvalue weighted by molar-refractivity contribution is 0.440. The third-order valence-corrected chi connectivity index (χ3v) is 8.79. The lowest BCUT2D eigenvalue weighted by Crippen LogP contribution is -2.23. The van der Waals surface area contributed by atoms with Crippen molar-refractivity contribution in [1.29, 1.82) is 0 Å². The van der Waals surface area contributed by atoms with Crippen molar-refractivity contribution in [2.24, 2.45) is 5.41 Å². The van der Waals surface area contributed by atoms with Gasteiger partial charge in [0.25, 0.3) is 0 Å². The van der Waals surface area contributed by atoms with Crippen LogP contribution >= 0.6 is 0 Å². The summed E-state index contributed by atoms with van der Waals surface area (Å²) in [4.78, 5) is 16.3. The van der Waals surface area contributed by atoms with Crippen LogP contribution in [0.5, 0.6) is 0 Å². The van der Waals surface area contributed by atoms with Crippen molar-refractivity contribution in [2.45, 2.75) is 51.6 Å². The van der Waals surface area contributed by atoms with E-state index in [2.05, 4.69) is 98.2 Å². The lowest BCUT2D eigenvalue weighted by Gasteiger charge is -2.12. The summed E-state index contributed by atoms with van der Waals surface area (Å²) in [6.45, 7) is 5.24. The Hall–Kier alpha value is -3.74. The Morgan fingerprint density at radius 2 is 1.51 bits per heavy atom. The minimum Gasteiger partial charge on any atom is -0.341 e. The van der Waals surface area contributed by atoms with Crippen molar-refractivity contribution in [3.63, 3.8) is 0 Å². The van der Waals surface area contributed by atoms with Crippen molar-refractivity contribution in [2.75, 3.05) is 13.1 Å². The zero-order valence-electron chi connectivity index (χ0n) is 22.6. The monoisotopic (exact) mass is 516 g/mol. The second-order valence-electron chi connectivity index (χ2n) is 11.4. The Bertz CT molecular complexity index is 1580. The average Bonchev–Trinajstić information content (AvgIpc) is 3.41. The Morgan fingerprint density at radius 3 is 2.26 bits per heavy atom.